The molecule has 2 rings (SSSR count). The van der Waals surface area contributed by atoms with E-state index in [1.807, 2.05) is 30.3 Å². The molecule has 1 N–H and O–H groups in total. The van der Waals surface area contributed by atoms with Gasteiger partial charge in [-0.25, -0.2) is 0 Å². The monoisotopic (exact) mass is 216 g/mol. The molecule has 0 unspecified atom stereocenters. The molecular weight excluding hydrogens is 204 g/mol. The van der Waals surface area contributed by atoms with Crippen LogP contribution >= 0.6 is 0 Å². The van der Waals surface area contributed by atoms with Crippen LogP contribution in [0.1, 0.15) is 10.4 Å². The lowest BCUT2D eigenvalue weighted by molar-refractivity contribution is 0.112. The number of aldehydes is 1. The molecule has 0 aliphatic carbocycles. The fourth-order valence-corrected chi connectivity index (χ4v) is 1.66. The highest BCUT2D eigenvalue weighted by atomic mass is 16.3. The van der Waals surface area contributed by atoms with Crippen LogP contribution in [0.25, 0.3) is 11.3 Å². The van der Waals surface area contributed by atoms with Crippen molar-refractivity contribution in [3.05, 3.63) is 42.1 Å². The van der Waals surface area contributed by atoms with Crippen LogP contribution in [0.4, 0.5) is 0 Å². The first kappa shape index (κ1) is 10.6. The molecule has 0 saturated heterocycles. The summed E-state index contributed by atoms with van der Waals surface area (Å²) in [6.45, 7) is 0.387. The molecule has 82 valence electrons. The van der Waals surface area contributed by atoms with Crippen LogP contribution in [0, 0.1) is 0 Å². The quantitative estimate of drug-likeness (QED) is 0.785. The highest BCUT2D eigenvalue weighted by molar-refractivity contribution is 5.85. The van der Waals surface area contributed by atoms with Crippen molar-refractivity contribution in [2.24, 2.45) is 0 Å². The summed E-state index contributed by atoms with van der Waals surface area (Å²) in [5.74, 6) is 0. The van der Waals surface area contributed by atoms with Crippen LogP contribution in [0.15, 0.2) is 36.5 Å². The molecule has 0 fully saturated rings. The van der Waals surface area contributed by atoms with Gasteiger partial charge < -0.3 is 5.11 Å². The van der Waals surface area contributed by atoms with Gasteiger partial charge in [0.05, 0.1) is 30.6 Å². The average molecular weight is 216 g/mol. The van der Waals surface area contributed by atoms with Crippen molar-refractivity contribution in [1.82, 2.24) is 9.78 Å². The van der Waals surface area contributed by atoms with Gasteiger partial charge in [0, 0.05) is 5.56 Å². The van der Waals surface area contributed by atoms with Crippen LogP contribution < -0.4 is 0 Å². The summed E-state index contributed by atoms with van der Waals surface area (Å²) in [5.41, 5.74) is 2.22. The van der Waals surface area contributed by atoms with E-state index in [9.17, 15) is 4.79 Å². The maximum Gasteiger partial charge on any atom is 0.153 e. The summed E-state index contributed by atoms with van der Waals surface area (Å²) >= 11 is 0. The Kier molecular flexibility index (Phi) is 3.12. The molecule has 0 aliphatic heterocycles. The first-order valence-electron chi connectivity index (χ1n) is 5.04. The third kappa shape index (κ3) is 1.87. The number of aromatic nitrogens is 2. The number of hydrogen-bond donors (Lipinski definition) is 1. The molecule has 1 heterocycles. The standard InChI is InChI=1S/C12H12N2O2/c15-7-6-14-12(11(9-16)8-13-14)10-4-2-1-3-5-10/h1-5,8-9,15H,6-7H2. The molecule has 16 heavy (non-hydrogen) atoms. The van der Waals surface area contributed by atoms with E-state index in [0.717, 1.165) is 17.5 Å². The maximum absolute atomic E-state index is 10.9. The van der Waals surface area contributed by atoms with Crippen molar-refractivity contribution >= 4 is 6.29 Å². The Hall–Kier alpha value is -1.94. The Bertz CT molecular complexity index is 477. The van der Waals surface area contributed by atoms with E-state index >= 15 is 0 Å². The lowest BCUT2D eigenvalue weighted by Crippen LogP contribution is -2.06. The van der Waals surface area contributed by atoms with Gasteiger partial charge in [0.25, 0.3) is 0 Å². The number of hydrogen-bond acceptors (Lipinski definition) is 3. The summed E-state index contributed by atoms with van der Waals surface area (Å²) in [4.78, 5) is 10.9. The Morgan fingerprint density at radius 3 is 2.69 bits per heavy atom. The van der Waals surface area contributed by atoms with E-state index in [0.29, 0.717) is 12.1 Å². The SMILES string of the molecule is O=Cc1cnn(CCO)c1-c1ccccc1. The summed E-state index contributed by atoms with van der Waals surface area (Å²) in [7, 11) is 0. The number of benzene rings is 1. The Morgan fingerprint density at radius 2 is 2.06 bits per heavy atom. The third-order valence-corrected chi connectivity index (χ3v) is 2.35. The fourth-order valence-electron chi connectivity index (χ4n) is 1.66. The molecule has 0 radical (unpaired) electrons. The molecule has 0 amide bonds. The van der Waals surface area contributed by atoms with E-state index in [4.69, 9.17) is 5.11 Å². The van der Waals surface area contributed by atoms with Gasteiger partial charge in [-0.1, -0.05) is 30.3 Å². The van der Waals surface area contributed by atoms with Gasteiger partial charge >= 0.3 is 0 Å². The second kappa shape index (κ2) is 4.72. The molecule has 0 saturated carbocycles. The molecule has 0 spiro atoms. The van der Waals surface area contributed by atoms with Gasteiger partial charge in [0.1, 0.15) is 0 Å². The van der Waals surface area contributed by atoms with Crippen LogP contribution in [-0.2, 0) is 6.54 Å². The van der Waals surface area contributed by atoms with Crippen molar-refractivity contribution < 1.29 is 9.90 Å². The predicted molar refractivity (Wildman–Crippen MR) is 60.1 cm³/mol. The Balaban J connectivity index is 2.52. The number of carbonyl (C=O) groups is 1. The van der Waals surface area contributed by atoms with Crippen LogP contribution in [0.3, 0.4) is 0 Å². The Labute approximate surface area is 93.1 Å². The van der Waals surface area contributed by atoms with Crippen molar-refractivity contribution in [3.63, 3.8) is 0 Å². The first-order valence-corrected chi connectivity index (χ1v) is 5.04. The summed E-state index contributed by atoms with van der Waals surface area (Å²) < 4.78 is 1.64. The number of nitrogens with zero attached hydrogens (tertiary/aromatic N) is 2. The van der Waals surface area contributed by atoms with Gasteiger partial charge in [0.15, 0.2) is 6.29 Å². The highest BCUT2D eigenvalue weighted by Gasteiger charge is 2.11. The third-order valence-electron chi connectivity index (χ3n) is 2.35. The minimum absolute atomic E-state index is 0.000188. The second-order valence-corrected chi connectivity index (χ2v) is 3.38. The van der Waals surface area contributed by atoms with E-state index in [1.54, 1.807) is 4.68 Å². The minimum Gasteiger partial charge on any atom is -0.394 e. The summed E-state index contributed by atoms with van der Waals surface area (Å²) in [5, 5.41) is 13.0. The number of aliphatic hydroxyl groups excluding tert-OH is 1. The molecule has 0 bridgehead atoms. The van der Waals surface area contributed by atoms with Gasteiger partial charge in [-0.15, -0.1) is 0 Å². The highest BCUT2D eigenvalue weighted by Crippen LogP contribution is 2.22. The zero-order chi connectivity index (χ0) is 11.4. The summed E-state index contributed by atoms with van der Waals surface area (Å²) in [6, 6.07) is 9.55. The predicted octanol–water partition coefficient (Wildman–Crippen LogP) is 1.35. The van der Waals surface area contributed by atoms with E-state index < -0.39 is 0 Å². The molecular formula is C12H12N2O2. The number of aliphatic hydroxyl groups is 1. The van der Waals surface area contributed by atoms with Crippen LogP contribution in [-0.4, -0.2) is 27.8 Å². The molecule has 0 atom stereocenters. The lowest BCUT2D eigenvalue weighted by Gasteiger charge is -2.06. The molecule has 1 aromatic heterocycles. The lowest BCUT2D eigenvalue weighted by atomic mass is 10.1. The smallest absolute Gasteiger partial charge is 0.153 e. The van der Waals surface area contributed by atoms with Crippen molar-refractivity contribution in [1.29, 1.82) is 0 Å². The zero-order valence-electron chi connectivity index (χ0n) is 8.71. The van der Waals surface area contributed by atoms with Gasteiger partial charge in [0.2, 0.25) is 0 Å². The fraction of sp³-hybridized carbons (Fsp3) is 0.167. The average Bonchev–Trinajstić information content (AvgIpc) is 2.74. The topological polar surface area (TPSA) is 55.1 Å². The number of carbonyl (C=O) groups excluding carboxylic acids is 1. The van der Waals surface area contributed by atoms with Gasteiger partial charge in [-0.05, 0) is 0 Å². The normalized spacial score (nSPS) is 10.3. The molecule has 2 aromatic rings. The molecule has 1 aromatic carbocycles. The summed E-state index contributed by atoms with van der Waals surface area (Å²) in [6.07, 6.45) is 2.30. The van der Waals surface area contributed by atoms with E-state index in [-0.39, 0.29) is 6.61 Å². The first-order chi connectivity index (χ1) is 7.86. The maximum atomic E-state index is 10.9. The second-order valence-electron chi connectivity index (χ2n) is 3.38. The number of rotatable bonds is 4. The Morgan fingerprint density at radius 1 is 1.31 bits per heavy atom. The van der Waals surface area contributed by atoms with Gasteiger partial charge in [-0.2, -0.15) is 5.10 Å². The molecule has 4 heteroatoms. The van der Waals surface area contributed by atoms with E-state index in [2.05, 4.69) is 5.10 Å². The largest absolute Gasteiger partial charge is 0.394 e. The molecule has 0 aliphatic rings. The van der Waals surface area contributed by atoms with Crippen molar-refractivity contribution in [2.45, 2.75) is 6.54 Å². The zero-order valence-corrected chi connectivity index (χ0v) is 8.71. The van der Waals surface area contributed by atoms with Gasteiger partial charge in [-0.3, -0.25) is 9.48 Å². The van der Waals surface area contributed by atoms with Crippen molar-refractivity contribution in [3.8, 4) is 11.3 Å². The van der Waals surface area contributed by atoms with Crippen LogP contribution in [0.5, 0.6) is 0 Å². The molecule has 4 nitrogen and oxygen atoms in total. The van der Waals surface area contributed by atoms with Crippen LogP contribution in [0.2, 0.25) is 0 Å². The minimum atomic E-state index is -0.000188. The van der Waals surface area contributed by atoms with Crippen molar-refractivity contribution in [2.75, 3.05) is 6.61 Å². The van der Waals surface area contributed by atoms with E-state index in [1.165, 1.54) is 6.20 Å².